The van der Waals surface area contributed by atoms with Gasteiger partial charge in [0.1, 0.15) is 6.07 Å². The van der Waals surface area contributed by atoms with Crippen LogP contribution < -0.4 is 20.6 Å². The molecular formula is C12H11N5O3. The van der Waals surface area contributed by atoms with E-state index < -0.39 is 5.84 Å². The van der Waals surface area contributed by atoms with Crippen molar-refractivity contribution in [3.63, 3.8) is 0 Å². The average molecular weight is 273 g/mol. The Kier molecular flexibility index (Phi) is 3.52. The summed E-state index contributed by atoms with van der Waals surface area (Å²) in [6.07, 6.45) is 0. The van der Waals surface area contributed by atoms with Gasteiger partial charge in [-0.3, -0.25) is 15.6 Å². The highest BCUT2D eigenvalue weighted by molar-refractivity contribution is 6.45. The molecule has 1 aromatic rings. The molecule has 0 unspecified atom stereocenters. The van der Waals surface area contributed by atoms with Gasteiger partial charge in [-0.1, -0.05) is 0 Å². The molecule has 0 aromatic heterocycles. The molecule has 102 valence electrons. The summed E-state index contributed by atoms with van der Waals surface area (Å²) >= 11 is 0. The van der Waals surface area contributed by atoms with Crippen molar-refractivity contribution in [1.29, 1.82) is 10.7 Å². The van der Waals surface area contributed by atoms with Crippen LogP contribution >= 0.6 is 0 Å². The van der Waals surface area contributed by atoms with Crippen LogP contribution in [0.4, 0.5) is 5.69 Å². The van der Waals surface area contributed by atoms with Crippen LogP contribution in [0.3, 0.4) is 0 Å². The Hall–Kier alpha value is -3.08. The number of hydrazone groups is 1. The zero-order valence-electron chi connectivity index (χ0n) is 10.6. The number of nitrogens with one attached hydrogen (secondary N) is 2. The maximum atomic E-state index is 11.6. The van der Waals surface area contributed by atoms with Crippen molar-refractivity contribution in [1.82, 2.24) is 0 Å². The van der Waals surface area contributed by atoms with E-state index in [2.05, 4.69) is 10.5 Å². The maximum absolute atomic E-state index is 11.6. The third-order valence-corrected chi connectivity index (χ3v) is 2.54. The number of nitrogens with two attached hydrogens (primary N) is 1. The number of amidine groups is 1. The number of Topliss-reactive ketones (excluding diaryl/α,β-unsaturated/α-hetero) is 1. The minimum atomic E-state index is -0.467. The Bertz CT molecular complexity index is 660. The number of hydrogen-bond donors (Lipinski definition) is 3. The molecule has 1 aromatic carbocycles. The quantitative estimate of drug-likeness (QED) is 0.322. The van der Waals surface area contributed by atoms with Crippen molar-refractivity contribution >= 4 is 23.0 Å². The first-order valence-corrected chi connectivity index (χ1v) is 5.55. The molecule has 1 heterocycles. The number of nitriles is 1. The van der Waals surface area contributed by atoms with Crippen LogP contribution in [0, 0.1) is 16.7 Å². The van der Waals surface area contributed by atoms with Gasteiger partial charge in [-0.25, -0.2) is 0 Å². The van der Waals surface area contributed by atoms with E-state index in [1.165, 1.54) is 19.1 Å². The standard InChI is InChI=1S/C12H11N5O3/c1-6(18)7-2-10-11(20-5-19-10)3-8(7)16-17-9(4-13)12(14)15/h2-3,16H,5H2,1H3,(H3,14,15)/b17-9+. The monoisotopic (exact) mass is 273 g/mol. The van der Waals surface area contributed by atoms with Gasteiger partial charge >= 0.3 is 0 Å². The largest absolute Gasteiger partial charge is 0.454 e. The number of ether oxygens (including phenoxy) is 2. The van der Waals surface area contributed by atoms with Crippen LogP contribution in [0.2, 0.25) is 0 Å². The van der Waals surface area contributed by atoms with Crippen LogP contribution in [0.15, 0.2) is 17.2 Å². The predicted octanol–water partition coefficient (Wildman–Crippen LogP) is 0.845. The SMILES string of the molecule is CC(=O)c1cc2c(cc1N/N=C(\C#N)C(=N)N)OCO2. The van der Waals surface area contributed by atoms with Crippen LogP contribution in [-0.4, -0.2) is 24.1 Å². The fourth-order valence-corrected chi connectivity index (χ4v) is 1.59. The number of nitrogens with zero attached hydrogens (tertiary/aromatic N) is 2. The maximum Gasteiger partial charge on any atom is 0.231 e. The lowest BCUT2D eigenvalue weighted by atomic mass is 10.1. The first-order valence-electron chi connectivity index (χ1n) is 5.55. The first kappa shape index (κ1) is 13.4. The summed E-state index contributed by atoms with van der Waals surface area (Å²) < 4.78 is 10.4. The molecule has 1 aliphatic rings. The van der Waals surface area contributed by atoms with E-state index in [0.717, 1.165) is 0 Å². The summed E-state index contributed by atoms with van der Waals surface area (Å²) in [7, 11) is 0. The predicted molar refractivity (Wildman–Crippen MR) is 71.2 cm³/mol. The number of ketones is 1. The molecule has 8 nitrogen and oxygen atoms in total. The van der Waals surface area contributed by atoms with Gasteiger partial charge in [-0.05, 0) is 13.0 Å². The Morgan fingerprint density at radius 1 is 1.50 bits per heavy atom. The third-order valence-electron chi connectivity index (χ3n) is 2.54. The van der Waals surface area contributed by atoms with Gasteiger partial charge in [0.15, 0.2) is 23.1 Å². The molecule has 0 saturated heterocycles. The lowest BCUT2D eigenvalue weighted by Gasteiger charge is -2.08. The summed E-state index contributed by atoms with van der Waals surface area (Å²) in [5.41, 5.74) is 8.12. The summed E-state index contributed by atoms with van der Waals surface area (Å²) in [4.78, 5) is 11.6. The molecule has 0 saturated carbocycles. The van der Waals surface area contributed by atoms with Gasteiger partial charge in [0.25, 0.3) is 0 Å². The molecule has 0 fully saturated rings. The number of hydrogen-bond acceptors (Lipinski definition) is 7. The lowest BCUT2D eigenvalue weighted by Crippen LogP contribution is -2.22. The summed E-state index contributed by atoms with van der Waals surface area (Å²) in [6.45, 7) is 1.47. The number of carbonyl (C=O) groups excluding carboxylic acids is 1. The molecule has 4 N–H and O–H groups in total. The van der Waals surface area contributed by atoms with Crippen LogP contribution in [-0.2, 0) is 0 Å². The summed E-state index contributed by atoms with van der Waals surface area (Å²) in [5, 5.41) is 19.6. The van der Waals surface area contributed by atoms with Gasteiger partial charge in [-0.15, -0.1) is 0 Å². The zero-order valence-corrected chi connectivity index (χ0v) is 10.6. The molecule has 0 aliphatic carbocycles. The molecule has 1 aliphatic heterocycles. The molecule has 0 spiro atoms. The fraction of sp³-hybridized carbons (Fsp3) is 0.167. The van der Waals surface area contributed by atoms with Crippen LogP contribution in [0.25, 0.3) is 0 Å². The van der Waals surface area contributed by atoms with Gasteiger partial charge in [0, 0.05) is 11.6 Å². The van der Waals surface area contributed by atoms with Crippen molar-refractivity contribution in [2.45, 2.75) is 6.92 Å². The number of benzene rings is 1. The van der Waals surface area contributed by atoms with E-state index in [-0.39, 0.29) is 18.3 Å². The second-order valence-corrected chi connectivity index (χ2v) is 3.90. The van der Waals surface area contributed by atoms with E-state index in [4.69, 9.17) is 25.9 Å². The van der Waals surface area contributed by atoms with Crippen molar-refractivity contribution < 1.29 is 14.3 Å². The minimum absolute atomic E-state index is 0.0797. The van der Waals surface area contributed by atoms with Gasteiger partial charge in [-0.2, -0.15) is 10.4 Å². The molecule has 8 heteroatoms. The number of fused-ring (bicyclic) bond motifs is 1. The fourth-order valence-electron chi connectivity index (χ4n) is 1.59. The highest BCUT2D eigenvalue weighted by atomic mass is 16.7. The van der Waals surface area contributed by atoms with Gasteiger partial charge < -0.3 is 15.2 Å². The van der Waals surface area contributed by atoms with Crippen molar-refractivity contribution in [3.05, 3.63) is 17.7 Å². The van der Waals surface area contributed by atoms with E-state index >= 15 is 0 Å². The van der Waals surface area contributed by atoms with E-state index in [1.54, 1.807) is 6.07 Å². The highest BCUT2D eigenvalue weighted by Crippen LogP contribution is 2.37. The summed E-state index contributed by atoms with van der Waals surface area (Å²) in [5.74, 6) is 0.262. The molecule has 20 heavy (non-hydrogen) atoms. The zero-order chi connectivity index (χ0) is 14.7. The second-order valence-electron chi connectivity index (χ2n) is 3.90. The normalized spacial score (nSPS) is 12.7. The van der Waals surface area contributed by atoms with Crippen LogP contribution in [0.1, 0.15) is 17.3 Å². The van der Waals surface area contributed by atoms with Crippen LogP contribution in [0.5, 0.6) is 11.5 Å². The molecular weight excluding hydrogens is 262 g/mol. The van der Waals surface area contributed by atoms with Crippen molar-refractivity contribution in [3.8, 4) is 17.6 Å². The average Bonchev–Trinajstić information content (AvgIpc) is 2.84. The first-order chi connectivity index (χ1) is 9.52. The second kappa shape index (κ2) is 5.27. The number of rotatable bonds is 4. The Labute approximate surface area is 114 Å². The Morgan fingerprint density at radius 3 is 2.70 bits per heavy atom. The lowest BCUT2D eigenvalue weighted by molar-refractivity contribution is 0.101. The molecule has 0 bridgehead atoms. The summed E-state index contributed by atoms with van der Waals surface area (Å²) in [6, 6.07) is 4.74. The van der Waals surface area contributed by atoms with E-state index in [9.17, 15) is 4.79 Å². The van der Waals surface area contributed by atoms with E-state index in [1.807, 2.05) is 0 Å². The van der Waals surface area contributed by atoms with E-state index in [0.29, 0.717) is 22.7 Å². The molecule has 0 atom stereocenters. The molecule has 0 radical (unpaired) electrons. The molecule has 2 rings (SSSR count). The highest BCUT2D eigenvalue weighted by Gasteiger charge is 2.19. The van der Waals surface area contributed by atoms with Crippen molar-refractivity contribution in [2.75, 3.05) is 12.2 Å². The van der Waals surface area contributed by atoms with Crippen molar-refractivity contribution in [2.24, 2.45) is 10.8 Å². The number of anilines is 1. The van der Waals surface area contributed by atoms with Gasteiger partial charge in [0.05, 0.1) is 5.69 Å². The Morgan fingerprint density at radius 2 is 2.15 bits per heavy atom. The minimum Gasteiger partial charge on any atom is -0.454 e. The number of carbonyl (C=O) groups is 1. The Balaban J connectivity index is 2.39. The smallest absolute Gasteiger partial charge is 0.231 e. The topological polar surface area (TPSA) is 134 Å². The third kappa shape index (κ3) is 2.51. The van der Waals surface area contributed by atoms with Gasteiger partial charge in [0.2, 0.25) is 12.5 Å². The molecule has 0 amide bonds.